The lowest BCUT2D eigenvalue weighted by atomic mass is 10.1. The fraction of sp³-hybridized carbons (Fsp3) is 0.211. The summed E-state index contributed by atoms with van der Waals surface area (Å²) in [5.41, 5.74) is 1.87. The van der Waals surface area contributed by atoms with Crippen LogP contribution in [0.5, 0.6) is 0 Å². The van der Waals surface area contributed by atoms with Crippen molar-refractivity contribution in [2.45, 2.75) is 19.4 Å². The molecule has 126 valence electrons. The van der Waals surface area contributed by atoms with Gasteiger partial charge in [-0.05, 0) is 36.6 Å². The highest BCUT2D eigenvalue weighted by molar-refractivity contribution is 7.18. The van der Waals surface area contributed by atoms with E-state index in [0.29, 0.717) is 16.4 Å². The van der Waals surface area contributed by atoms with Crippen LogP contribution in [0, 0.1) is 5.92 Å². The summed E-state index contributed by atoms with van der Waals surface area (Å²) in [5, 5.41) is 7.56. The van der Waals surface area contributed by atoms with E-state index in [4.69, 9.17) is 0 Å². The second-order valence-corrected chi connectivity index (χ2v) is 7.19. The van der Waals surface area contributed by atoms with Gasteiger partial charge >= 0.3 is 0 Å². The number of aromatic nitrogens is 1. The molecule has 0 radical (unpaired) electrons. The number of rotatable bonds is 5. The van der Waals surface area contributed by atoms with Gasteiger partial charge in [0.1, 0.15) is 0 Å². The molecule has 2 amide bonds. The molecule has 3 aromatic rings. The molecule has 0 atom stereocenters. The van der Waals surface area contributed by atoms with Crippen LogP contribution in [0.15, 0.2) is 48.7 Å². The Morgan fingerprint density at radius 1 is 1.12 bits per heavy atom. The lowest BCUT2D eigenvalue weighted by Gasteiger charge is -2.07. The number of carbonyl (C=O) groups is 2. The van der Waals surface area contributed by atoms with Crippen LogP contribution >= 0.6 is 11.3 Å². The summed E-state index contributed by atoms with van der Waals surface area (Å²) in [6.07, 6.45) is 3.68. The predicted octanol–water partition coefficient (Wildman–Crippen LogP) is 3.57. The van der Waals surface area contributed by atoms with E-state index < -0.39 is 0 Å². The van der Waals surface area contributed by atoms with Crippen molar-refractivity contribution >= 4 is 39.1 Å². The summed E-state index contributed by atoms with van der Waals surface area (Å²) in [7, 11) is 0. The van der Waals surface area contributed by atoms with E-state index in [9.17, 15) is 9.59 Å². The molecule has 6 heteroatoms. The molecule has 1 aliphatic rings. The second kappa shape index (κ2) is 6.64. The van der Waals surface area contributed by atoms with Crippen LogP contribution in [-0.4, -0.2) is 16.8 Å². The number of hydrogen-bond donors (Lipinski definition) is 2. The van der Waals surface area contributed by atoms with E-state index in [0.717, 1.165) is 29.3 Å². The lowest BCUT2D eigenvalue weighted by molar-refractivity contribution is -0.117. The maximum atomic E-state index is 12.4. The Labute approximate surface area is 149 Å². The summed E-state index contributed by atoms with van der Waals surface area (Å²) in [6, 6.07) is 13.3. The number of amides is 2. The fourth-order valence-electron chi connectivity index (χ4n) is 2.67. The minimum atomic E-state index is -0.148. The van der Waals surface area contributed by atoms with Crippen LogP contribution in [0.4, 0.5) is 5.00 Å². The molecule has 4 rings (SSSR count). The molecular weight excluding hydrogens is 334 g/mol. The van der Waals surface area contributed by atoms with Crippen molar-refractivity contribution < 1.29 is 9.59 Å². The summed E-state index contributed by atoms with van der Waals surface area (Å²) in [6.45, 7) is 0.412. The maximum absolute atomic E-state index is 12.4. The molecule has 2 N–H and O–H groups in total. The molecule has 1 saturated carbocycles. The summed E-state index contributed by atoms with van der Waals surface area (Å²) in [4.78, 5) is 29.1. The van der Waals surface area contributed by atoms with Crippen molar-refractivity contribution in [2.24, 2.45) is 5.92 Å². The molecule has 1 aliphatic carbocycles. The zero-order valence-electron chi connectivity index (χ0n) is 13.5. The van der Waals surface area contributed by atoms with Crippen LogP contribution in [-0.2, 0) is 11.3 Å². The van der Waals surface area contributed by atoms with Gasteiger partial charge in [-0.15, -0.1) is 11.3 Å². The van der Waals surface area contributed by atoms with Crippen molar-refractivity contribution in [3.8, 4) is 0 Å². The minimum absolute atomic E-state index is 0.0515. The molecule has 0 saturated heterocycles. The van der Waals surface area contributed by atoms with E-state index in [2.05, 4.69) is 15.6 Å². The molecule has 0 aliphatic heterocycles. The zero-order chi connectivity index (χ0) is 17.2. The molecule has 2 heterocycles. The standard InChI is InChI=1S/C19H17N3O2S/c23-18(13-6-7-13)22-16-9-8-15(25-16)19(24)21-11-14-4-1-3-12-5-2-10-20-17(12)14/h1-5,8-10,13H,6-7,11H2,(H,21,24)(H,22,23). The number of nitrogens with zero attached hydrogens (tertiary/aromatic N) is 1. The average molecular weight is 351 g/mol. The third-order valence-electron chi connectivity index (χ3n) is 4.18. The molecule has 0 bridgehead atoms. The van der Waals surface area contributed by atoms with Crippen LogP contribution < -0.4 is 10.6 Å². The van der Waals surface area contributed by atoms with Gasteiger partial charge < -0.3 is 10.6 Å². The Balaban J connectivity index is 1.41. The second-order valence-electron chi connectivity index (χ2n) is 6.10. The largest absolute Gasteiger partial charge is 0.347 e. The third-order valence-corrected chi connectivity index (χ3v) is 5.18. The van der Waals surface area contributed by atoms with Gasteiger partial charge in [0, 0.05) is 24.0 Å². The Morgan fingerprint density at radius 3 is 2.80 bits per heavy atom. The third kappa shape index (κ3) is 3.53. The highest BCUT2D eigenvalue weighted by Gasteiger charge is 2.29. The van der Waals surface area contributed by atoms with E-state index in [1.165, 1.54) is 11.3 Å². The molecule has 2 aromatic heterocycles. The number of nitrogens with one attached hydrogen (secondary N) is 2. The molecule has 0 spiro atoms. The quantitative estimate of drug-likeness (QED) is 0.738. The highest BCUT2D eigenvalue weighted by atomic mass is 32.1. The topological polar surface area (TPSA) is 71.1 Å². The van der Waals surface area contributed by atoms with Gasteiger partial charge in [0.25, 0.3) is 5.91 Å². The first-order chi connectivity index (χ1) is 12.2. The summed E-state index contributed by atoms with van der Waals surface area (Å²) >= 11 is 1.29. The molecule has 5 nitrogen and oxygen atoms in total. The van der Waals surface area contributed by atoms with Crippen molar-refractivity contribution in [2.75, 3.05) is 5.32 Å². The smallest absolute Gasteiger partial charge is 0.261 e. The average Bonchev–Trinajstić information content (AvgIpc) is 3.39. The Morgan fingerprint density at radius 2 is 1.96 bits per heavy atom. The van der Waals surface area contributed by atoms with Crippen molar-refractivity contribution in [1.29, 1.82) is 0 Å². The van der Waals surface area contributed by atoms with Gasteiger partial charge in [0.15, 0.2) is 0 Å². The number of benzene rings is 1. The number of pyridine rings is 1. The van der Waals surface area contributed by atoms with Crippen molar-refractivity contribution in [3.05, 3.63) is 59.1 Å². The number of para-hydroxylation sites is 1. The van der Waals surface area contributed by atoms with Crippen LogP contribution in [0.2, 0.25) is 0 Å². The first-order valence-electron chi connectivity index (χ1n) is 8.22. The summed E-state index contributed by atoms with van der Waals surface area (Å²) in [5.74, 6) is 0.0544. The van der Waals surface area contributed by atoms with Gasteiger partial charge in [-0.1, -0.05) is 24.3 Å². The SMILES string of the molecule is O=C(NCc1cccc2cccnc12)c1ccc(NC(=O)C2CC2)s1. The van der Waals surface area contributed by atoms with Crippen molar-refractivity contribution in [3.63, 3.8) is 0 Å². The Hall–Kier alpha value is -2.73. The fourth-order valence-corrected chi connectivity index (χ4v) is 3.49. The first kappa shape index (κ1) is 15.8. The highest BCUT2D eigenvalue weighted by Crippen LogP contribution is 2.31. The Bertz CT molecular complexity index is 941. The zero-order valence-corrected chi connectivity index (χ0v) is 14.3. The Kier molecular flexibility index (Phi) is 4.19. The van der Waals surface area contributed by atoms with E-state index in [1.807, 2.05) is 30.3 Å². The molecule has 0 unspecified atom stereocenters. The monoisotopic (exact) mass is 351 g/mol. The van der Waals surface area contributed by atoms with Crippen LogP contribution in [0.1, 0.15) is 28.1 Å². The molecule has 25 heavy (non-hydrogen) atoms. The van der Waals surface area contributed by atoms with Gasteiger partial charge in [-0.2, -0.15) is 0 Å². The van der Waals surface area contributed by atoms with Gasteiger partial charge in [0.2, 0.25) is 5.91 Å². The maximum Gasteiger partial charge on any atom is 0.261 e. The van der Waals surface area contributed by atoms with Crippen molar-refractivity contribution in [1.82, 2.24) is 10.3 Å². The number of hydrogen-bond acceptors (Lipinski definition) is 4. The molecular formula is C19H17N3O2S. The molecule has 1 fully saturated rings. The van der Waals surface area contributed by atoms with Gasteiger partial charge in [-0.25, -0.2) is 0 Å². The van der Waals surface area contributed by atoms with Gasteiger partial charge in [-0.3, -0.25) is 14.6 Å². The molecule has 1 aromatic carbocycles. The predicted molar refractivity (Wildman–Crippen MR) is 98.6 cm³/mol. The first-order valence-corrected chi connectivity index (χ1v) is 9.04. The van der Waals surface area contributed by atoms with E-state index >= 15 is 0 Å². The van der Waals surface area contributed by atoms with E-state index in [1.54, 1.807) is 18.3 Å². The van der Waals surface area contributed by atoms with Crippen LogP contribution in [0.25, 0.3) is 10.9 Å². The number of anilines is 1. The number of carbonyl (C=O) groups excluding carboxylic acids is 2. The summed E-state index contributed by atoms with van der Waals surface area (Å²) < 4.78 is 0. The minimum Gasteiger partial charge on any atom is -0.347 e. The normalized spacial score (nSPS) is 13.6. The number of thiophene rings is 1. The number of fused-ring (bicyclic) bond motifs is 1. The van der Waals surface area contributed by atoms with Gasteiger partial charge in [0.05, 0.1) is 15.4 Å². The lowest BCUT2D eigenvalue weighted by Crippen LogP contribution is -2.22. The van der Waals surface area contributed by atoms with Crippen LogP contribution in [0.3, 0.4) is 0 Å². The van der Waals surface area contributed by atoms with E-state index in [-0.39, 0.29) is 17.7 Å².